The van der Waals surface area contributed by atoms with Gasteiger partial charge in [-0.3, -0.25) is 9.69 Å². The van der Waals surface area contributed by atoms with Gasteiger partial charge in [-0.05, 0) is 97.9 Å². The second-order valence-electron chi connectivity index (χ2n) is 13.0. The molecular weight excluding hydrogens is 652 g/mol. The van der Waals surface area contributed by atoms with Crippen molar-refractivity contribution in [3.8, 4) is 16.9 Å². The van der Waals surface area contributed by atoms with Crippen LogP contribution in [0, 0.1) is 5.41 Å². The Balaban J connectivity index is 1.39. The highest BCUT2D eigenvalue weighted by atomic mass is 19.4. The van der Waals surface area contributed by atoms with E-state index in [0.29, 0.717) is 16.7 Å². The zero-order valence-corrected chi connectivity index (χ0v) is 27.3. The van der Waals surface area contributed by atoms with Crippen LogP contribution in [0.5, 0.6) is 5.75 Å². The first-order valence-electron chi connectivity index (χ1n) is 16.5. The van der Waals surface area contributed by atoms with Crippen LogP contribution in [0.2, 0.25) is 0 Å². The number of halogens is 6. The van der Waals surface area contributed by atoms with E-state index < -0.39 is 68.2 Å². The molecule has 0 bridgehead atoms. The van der Waals surface area contributed by atoms with Crippen molar-refractivity contribution >= 4 is 22.6 Å². The molecule has 0 aliphatic carbocycles. The number of carbonyl (C=O) groups excluding carboxylic acids is 1. The number of fused-ring (bicyclic) bond motifs is 1. The molecular formula is C36H41F6N3O4. The van der Waals surface area contributed by atoms with Gasteiger partial charge in [0.05, 0.1) is 13.7 Å². The second-order valence-corrected chi connectivity index (χ2v) is 13.0. The summed E-state index contributed by atoms with van der Waals surface area (Å²) in [6.07, 6.45) is -7.34. The molecule has 1 atom stereocenters. The van der Waals surface area contributed by atoms with Gasteiger partial charge in [-0.15, -0.1) is 0 Å². The van der Waals surface area contributed by atoms with Crippen molar-refractivity contribution < 1.29 is 45.8 Å². The zero-order chi connectivity index (χ0) is 35.4. The molecule has 2 aliphatic rings. The Kier molecular flexibility index (Phi) is 11.1. The van der Waals surface area contributed by atoms with Crippen molar-refractivity contribution in [1.29, 1.82) is 0 Å². The maximum atomic E-state index is 14.4. The third-order valence-electron chi connectivity index (χ3n) is 9.85. The summed E-state index contributed by atoms with van der Waals surface area (Å²) in [5.41, 5.74) is 0.283. The normalized spacial score (nSPS) is 18.3. The second kappa shape index (κ2) is 15.0. The summed E-state index contributed by atoms with van der Waals surface area (Å²) in [7, 11) is 1.58. The van der Waals surface area contributed by atoms with E-state index in [0.717, 1.165) is 53.0 Å². The molecule has 0 unspecified atom stereocenters. The van der Waals surface area contributed by atoms with E-state index in [1.165, 1.54) is 19.3 Å². The summed E-state index contributed by atoms with van der Waals surface area (Å²) in [5.74, 6) is -2.43. The highest BCUT2D eigenvalue weighted by Gasteiger charge is 2.61. The lowest BCUT2D eigenvalue weighted by molar-refractivity contribution is -0.236. The van der Waals surface area contributed by atoms with Gasteiger partial charge in [0.1, 0.15) is 17.2 Å². The number of aliphatic carboxylic acids is 1. The molecule has 0 saturated carbocycles. The van der Waals surface area contributed by atoms with Gasteiger partial charge in [-0.25, -0.2) is 4.79 Å². The topological polar surface area (TPSA) is 82.1 Å². The first kappa shape index (κ1) is 36.4. The van der Waals surface area contributed by atoms with Gasteiger partial charge >= 0.3 is 18.3 Å². The van der Waals surface area contributed by atoms with E-state index in [1.54, 1.807) is 25.3 Å². The molecule has 2 saturated heterocycles. The fourth-order valence-corrected chi connectivity index (χ4v) is 7.08. The number of benzene rings is 3. The molecule has 2 fully saturated rings. The van der Waals surface area contributed by atoms with Crippen LogP contribution in [0.15, 0.2) is 54.6 Å². The Bertz CT molecular complexity index is 1630. The van der Waals surface area contributed by atoms with Crippen LogP contribution in [0.3, 0.4) is 0 Å². The van der Waals surface area contributed by atoms with E-state index in [-0.39, 0.29) is 6.42 Å². The maximum absolute atomic E-state index is 14.4. The minimum Gasteiger partial charge on any atom is -0.496 e. The van der Waals surface area contributed by atoms with E-state index in [9.17, 15) is 41.0 Å². The first-order chi connectivity index (χ1) is 23.2. The molecule has 3 aromatic carbocycles. The van der Waals surface area contributed by atoms with Gasteiger partial charge in [0.2, 0.25) is 5.91 Å². The third-order valence-corrected chi connectivity index (χ3v) is 9.85. The predicted octanol–water partition coefficient (Wildman–Crippen LogP) is 6.86. The van der Waals surface area contributed by atoms with Crippen molar-refractivity contribution in [1.82, 2.24) is 15.1 Å². The monoisotopic (exact) mass is 693 g/mol. The maximum Gasteiger partial charge on any atom is 0.403 e. The highest BCUT2D eigenvalue weighted by molar-refractivity contribution is 6.00. The molecule has 3 aromatic rings. The molecule has 7 nitrogen and oxygen atoms in total. The molecule has 266 valence electrons. The van der Waals surface area contributed by atoms with E-state index in [1.807, 2.05) is 30.3 Å². The molecule has 13 heteroatoms. The molecule has 1 amide bonds. The lowest BCUT2D eigenvalue weighted by Gasteiger charge is -2.42. The summed E-state index contributed by atoms with van der Waals surface area (Å²) in [4.78, 5) is 28.9. The van der Waals surface area contributed by atoms with Crippen molar-refractivity contribution in [3.05, 3.63) is 65.7 Å². The summed E-state index contributed by atoms with van der Waals surface area (Å²) >= 11 is 0. The van der Waals surface area contributed by atoms with E-state index in [4.69, 9.17) is 4.74 Å². The SMILES string of the molecule is COc1ccc(CCN2CCCCC2)cc1-c1cccc2c(C[C@H](NC(=O)C3(C(F)(F)F)CCN(CC(F)(F)F)CC3)C(=O)O)cccc12. The van der Waals surface area contributed by atoms with Crippen LogP contribution < -0.4 is 10.1 Å². The fraction of sp³-hybridized carbons (Fsp3) is 0.500. The average Bonchev–Trinajstić information content (AvgIpc) is 3.06. The number of carbonyl (C=O) groups is 2. The number of nitrogens with one attached hydrogen (secondary N) is 1. The largest absolute Gasteiger partial charge is 0.496 e. The van der Waals surface area contributed by atoms with Crippen LogP contribution >= 0.6 is 0 Å². The number of nitrogens with zero attached hydrogens (tertiary/aromatic N) is 2. The molecule has 0 spiro atoms. The lowest BCUT2D eigenvalue weighted by atomic mass is 9.76. The van der Waals surface area contributed by atoms with Crippen molar-refractivity contribution in [3.63, 3.8) is 0 Å². The third kappa shape index (κ3) is 8.49. The van der Waals surface area contributed by atoms with Gasteiger partial charge in [-0.2, -0.15) is 26.3 Å². The number of likely N-dealkylation sites (tertiary alicyclic amines) is 2. The number of amides is 1. The van der Waals surface area contributed by atoms with Crippen LogP contribution in [0.25, 0.3) is 21.9 Å². The Morgan fingerprint density at radius 1 is 0.878 bits per heavy atom. The molecule has 5 rings (SSSR count). The molecule has 2 heterocycles. The molecule has 0 aromatic heterocycles. The van der Waals surface area contributed by atoms with Crippen LogP contribution in [0.4, 0.5) is 26.3 Å². The smallest absolute Gasteiger partial charge is 0.403 e. The van der Waals surface area contributed by atoms with E-state index >= 15 is 0 Å². The molecule has 49 heavy (non-hydrogen) atoms. The number of rotatable bonds is 11. The molecule has 2 N–H and O–H groups in total. The van der Waals surface area contributed by atoms with Gasteiger partial charge in [0.15, 0.2) is 0 Å². The summed E-state index contributed by atoms with van der Waals surface area (Å²) in [6.45, 7) is 0.501. The number of piperidine rings is 2. The van der Waals surface area contributed by atoms with Crippen molar-refractivity contribution in [2.75, 3.05) is 46.4 Å². The average molecular weight is 694 g/mol. The first-order valence-corrected chi connectivity index (χ1v) is 16.5. The minimum absolute atomic E-state index is 0.316. The Labute approximate surface area is 281 Å². The number of carboxylic acids is 1. The Hall–Kier alpha value is -3.84. The Morgan fingerprint density at radius 2 is 1.55 bits per heavy atom. The van der Waals surface area contributed by atoms with Gasteiger partial charge in [-0.1, -0.05) is 48.9 Å². The number of hydrogen-bond acceptors (Lipinski definition) is 5. The van der Waals surface area contributed by atoms with Gasteiger partial charge in [0, 0.05) is 18.5 Å². The number of ether oxygens (including phenoxy) is 1. The number of methoxy groups -OCH3 is 1. The van der Waals surface area contributed by atoms with Crippen LogP contribution in [-0.2, 0) is 22.4 Å². The predicted molar refractivity (Wildman–Crippen MR) is 173 cm³/mol. The summed E-state index contributed by atoms with van der Waals surface area (Å²) in [5, 5.41) is 13.6. The quantitative estimate of drug-likeness (QED) is 0.214. The highest BCUT2D eigenvalue weighted by Crippen LogP contribution is 2.47. The number of alkyl halides is 6. The lowest BCUT2D eigenvalue weighted by Crippen LogP contribution is -2.59. The van der Waals surface area contributed by atoms with Crippen molar-refractivity contribution in [2.45, 2.75) is 63.3 Å². The van der Waals surface area contributed by atoms with Gasteiger partial charge in [0.25, 0.3) is 0 Å². The minimum atomic E-state index is -5.10. The summed E-state index contributed by atoms with van der Waals surface area (Å²) < 4.78 is 87.4. The zero-order valence-electron chi connectivity index (χ0n) is 27.3. The van der Waals surface area contributed by atoms with Crippen LogP contribution in [0.1, 0.15) is 43.2 Å². The fourth-order valence-electron chi connectivity index (χ4n) is 7.08. The number of hydrogen-bond donors (Lipinski definition) is 2. The van der Waals surface area contributed by atoms with Gasteiger partial charge < -0.3 is 20.1 Å². The Morgan fingerprint density at radius 3 is 2.18 bits per heavy atom. The summed E-state index contributed by atoms with van der Waals surface area (Å²) in [6, 6.07) is 15.1. The number of carboxylic acid groups (broad SMARTS) is 1. The molecule has 2 aliphatic heterocycles. The molecule has 0 radical (unpaired) electrons. The van der Waals surface area contributed by atoms with Crippen molar-refractivity contribution in [2.24, 2.45) is 5.41 Å². The van der Waals surface area contributed by atoms with Crippen LogP contribution in [-0.4, -0.2) is 91.6 Å². The standard InChI is InChI=1S/C36H41F6N3O4/c1-49-31-12-11-24(13-18-44-16-3-2-4-17-44)21-29(31)28-10-6-8-26-25(7-5-9-27(26)28)22-30(32(46)47)43-33(48)34(36(40,41)42)14-19-45(20-15-34)23-35(37,38)39/h5-12,21,30H,2-4,13-20,22-23H2,1H3,(H,43,48)(H,46,47)/t30-/m0/s1. The van der Waals surface area contributed by atoms with E-state index in [2.05, 4.69) is 16.3 Å².